The molecule has 190 valence electrons. The van der Waals surface area contributed by atoms with Crippen LogP contribution in [0.25, 0.3) is 21.5 Å². The summed E-state index contributed by atoms with van der Waals surface area (Å²) in [7, 11) is 0. The van der Waals surface area contributed by atoms with E-state index in [2.05, 4.69) is 96.1 Å². The fourth-order valence-electron chi connectivity index (χ4n) is 5.73. The Balaban J connectivity index is 0.000000184. The highest BCUT2D eigenvalue weighted by Gasteiger charge is 2.22. The predicted molar refractivity (Wildman–Crippen MR) is 166 cm³/mol. The lowest BCUT2D eigenvalue weighted by Gasteiger charge is -2.26. The highest BCUT2D eigenvalue weighted by atomic mass is 35.5. The number of allylic oxidation sites excluding steroid dienone is 2. The first-order valence-electron chi connectivity index (χ1n) is 13.3. The fourth-order valence-corrected chi connectivity index (χ4v) is 6.93. The number of nitrogens with two attached hydrogens (primary N) is 1. The van der Waals surface area contributed by atoms with Crippen LogP contribution < -0.4 is 10.6 Å². The number of nitrogens with zero attached hydrogens (tertiary/aromatic N) is 1. The molecule has 0 amide bonds. The molecule has 0 fully saturated rings. The van der Waals surface area contributed by atoms with Crippen LogP contribution in [0, 0.1) is 5.92 Å². The van der Waals surface area contributed by atoms with Crippen LogP contribution in [0.5, 0.6) is 0 Å². The van der Waals surface area contributed by atoms with Gasteiger partial charge < -0.3 is 10.6 Å². The number of hydrogen-bond donors (Lipinski definition) is 1. The Morgan fingerprint density at radius 1 is 0.816 bits per heavy atom. The lowest BCUT2D eigenvalue weighted by molar-refractivity contribution is 0.461. The number of benzene rings is 4. The van der Waals surface area contributed by atoms with E-state index in [0.717, 1.165) is 34.8 Å². The molecule has 2 N–H and O–H groups in total. The second-order valence-corrected chi connectivity index (χ2v) is 11.9. The van der Waals surface area contributed by atoms with Crippen LogP contribution in [0.4, 0.5) is 11.4 Å². The highest BCUT2D eigenvalue weighted by Crippen LogP contribution is 2.37. The molecule has 38 heavy (non-hydrogen) atoms. The van der Waals surface area contributed by atoms with Crippen molar-refractivity contribution < 1.29 is 0 Å². The second kappa shape index (κ2) is 11.1. The van der Waals surface area contributed by atoms with E-state index in [1.807, 2.05) is 18.2 Å². The van der Waals surface area contributed by atoms with Gasteiger partial charge >= 0.3 is 0 Å². The molecule has 2 aliphatic rings. The maximum atomic E-state index is 6.19. The average molecular weight is 535 g/mol. The smallest absolute Gasteiger partial charge is 0.0931 e. The Morgan fingerprint density at radius 3 is 2.42 bits per heavy atom. The topological polar surface area (TPSA) is 29.3 Å². The molecule has 0 bridgehead atoms. The fraction of sp³-hybridized carbons (Fsp3) is 0.176. The number of halogens is 1. The Morgan fingerprint density at radius 2 is 1.63 bits per heavy atom. The summed E-state index contributed by atoms with van der Waals surface area (Å²) in [5.41, 5.74) is 11.3. The molecule has 0 spiro atoms. The van der Waals surface area contributed by atoms with E-state index in [1.165, 1.54) is 50.7 Å². The van der Waals surface area contributed by atoms with Gasteiger partial charge in [-0.1, -0.05) is 78.4 Å². The normalized spacial score (nSPS) is 16.3. The van der Waals surface area contributed by atoms with Crippen molar-refractivity contribution in [1.82, 2.24) is 0 Å². The van der Waals surface area contributed by atoms with Gasteiger partial charge in [-0.15, -0.1) is 11.3 Å². The average Bonchev–Trinajstić information content (AvgIpc) is 3.38. The van der Waals surface area contributed by atoms with E-state index >= 15 is 0 Å². The van der Waals surface area contributed by atoms with E-state index in [-0.39, 0.29) is 0 Å². The third kappa shape index (κ3) is 5.22. The zero-order valence-electron chi connectivity index (χ0n) is 21.3. The number of anilines is 2. The molecule has 0 saturated heterocycles. The third-order valence-corrected chi connectivity index (χ3v) is 8.89. The Labute approximate surface area is 233 Å². The van der Waals surface area contributed by atoms with Gasteiger partial charge in [0.1, 0.15) is 0 Å². The minimum absolute atomic E-state index is 0.694. The minimum atomic E-state index is 0.694. The molecule has 0 saturated carbocycles. The van der Waals surface area contributed by atoms with Crippen LogP contribution in [0.3, 0.4) is 0 Å². The van der Waals surface area contributed by atoms with Crippen LogP contribution in [0.2, 0.25) is 4.34 Å². The summed E-state index contributed by atoms with van der Waals surface area (Å²) in [5.74, 6) is 0.694. The van der Waals surface area contributed by atoms with Crippen molar-refractivity contribution in [1.29, 1.82) is 0 Å². The second-order valence-electron chi connectivity index (χ2n) is 10.1. The molecular weight excluding hydrogens is 504 g/mol. The van der Waals surface area contributed by atoms with Gasteiger partial charge in [-0.2, -0.15) is 0 Å². The number of fused-ring (bicyclic) bond motifs is 5. The highest BCUT2D eigenvalue weighted by molar-refractivity contribution is 7.16. The van der Waals surface area contributed by atoms with Crippen molar-refractivity contribution in [2.75, 3.05) is 17.2 Å². The number of rotatable bonds is 3. The summed E-state index contributed by atoms with van der Waals surface area (Å²) in [6.07, 6.45) is 13.1. The molecule has 1 atom stereocenters. The molecule has 1 aliphatic heterocycles. The molecule has 4 aromatic carbocycles. The van der Waals surface area contributed by atoms with Crippen LogP contribution in [0.1, 0.15) is 22.4 Å². The lowest BCUT2D eigenvalue weighted by Crippen LogP contribution is -2.16. The molecule has 0 radical (unpaired) electrons. The first-order chi connectivity index (χ1) is 18.7. The van der Waals surface area contributed by atoms with Crippen LogP contribution in [-0.2, 0) is 19.3 Å². The van der Waals surface area contributed by atoms with Crippen molar-refractivity contribution in [2.45, 2.75) is 25.7 Å². The van der Waals surface area contributed by atoms with E-state index in [9.17, 15) is 0 Å². The van der Waals surface area contributed by atoms with Crippen molar-refractivity contribution in [3.63, 3.8) is 0 Å². The molecule has 7 rings (SSSR count). The maximum Gasteiger partial charge on any atom is 0.0931 e. The van der Waals surface area contributed by atoms with E-state index in [4.69, 9.17) is 17.3 Å². The summed E-state index contributed by atoms with van der Waals surface area (Å²) in [6.45, 7) is 0.973. The molecule has 2 heterocycles. The van der Waals surface area contributed by atoms with Crippen molar-refractivity contribution in [2.24, 2.45) is 5.92 Å². The first kappa shape index (κ1) is 24.8. The zero-order valence-corrected chi connectivity index (χ0v) is 22.9. The van der Waals surface area contributed by atoms with Crippen molar-refractivity contribution >= 4 is 55.9 Å². The predicted octanol–water partition coefficient (Wildman–Crippen LogP) is 9.21. The summed E-state index contributed by atoms with van der Waals surface area (Å²) < 4.78 is 0.894. The molecule has 4 heteroatoms. The van der Waals surface area contributed by atoms with Gasteiger partial charge in [0.05, 0.1) is 4.34 Å². The van der Waals surface area contributed by atoms with Gasteiger partial charge in [-0.25, -0.2) is 0 Å². The SMILES string of the molecule is C1=CCN(c2ccccc2)C=C1.Nc1cccc2c1ccc1c3c(ccc12)CCC(Cc1ccc(Cl)s1)C3. The van der Waals surface area contributed by atoms with Gasteiger partial charge in [0.15, 0.2) is 0 Å². The van der Waals surface area contributed by atoms with E-state index in [0.29, 0.717) is 5.92 Å². The zero-order chi connectivity index (χ0) is 25.9. The molecular formula is C34H31ClN2S. The monoisotopic (exact) mass is 534 g/mol. The third-order valence-electron chi connectivity index (χ3n) is 7.64. The summed E-state index contributed by atoms with van der Waals surface area (Å²) in [5, 5.41) is 5.14. The Hall–Kier alpha value is -3.53. The molecule has 5 aromatic rings. The van der Waals surface area contributed by atoms with Gasteiger partial charge in [-0.3, -0.25) is 0 Å². The van der Waals surface area contributed by atoms with Gasteiger partial charge in [0.25, 0.3) is 0 Å². The quantitative estimate of drug-likeness (QED) is 0.184. The Bertz CT molecular complexity index is 1630. The van der Waals surface area contributed by atoms with Gasteiger partial charge in [0.2, 0.25) is 0 Å². The number of para-hydroxylation sites is 1. The summed E-state index contributed by atoms with van der Waals surface area (Å²) in [6, 6.07) is 29.9. The molecule has 1 aromatic heterocycles. The molecule has 1 unspecified atom stereocenters. The largest absolute Gasteiger partial charge is 0.398 e. The standard InChI is InChI=1S/C23H20ClNS.C11H11N/c24-23-11-7-16(26-23)12-14-4-5-15-6-8-18-17-2-1-3-22(25)20(17)10-9-19(18)21(15)13-14;1-3-7-11(8-4-1)12-9-5-2-6-10-12/h1-3,6-11,14H,4-5,12-13,25H2;1-9H,10H2. The van der Waals surface area contributed by atoms with Crippen molar-refractivity contribution in [3.8, 4) is 0 Å². The number of aryl methyl sites for hydroxylation is 1. The number of thiophene rings is 1. The van der Waals surface area contributed by atoms with Gasteiger partial charge in [0, 0.05) is 34.4 Å². The minimum Gasteiger partial charge on any atom is -0.398 e. The van der Waals surface area contributed by atoms with Crippen molar-refractivity contribution in [3.05, 3.63) is 130 Å². The van der Waals surface area contributed by atoms with E-state index < -0.39 is 0 Å². The maximum absolute atomic E-state index is 6.19. The van der Waals surface area contributed by atoms with Crippen LogP contribution in [-0.4, -0.2) is 6.54 Å². The first-order valence-corrected chi connectivity index (χ1v) is 14.5. The molecule has 1 aliphatic carbocycles. The van der Waals surface area contributed by atoms with E-state index in [1.54, 1.807) is 11.3 Å². The lowest BCUT2D eigenvalue weighted by atomic mass is 9.79. The van der Waals surface area contributed by atoms with Crippen LogP contribution >= 0.6 is 22.9 Å². The number of hydrogen-bond acceptors (Lipinski definition) is 3. The summed E-state index contributed by atoms with van der Waals surface area (Å²) in [4.78, 5) is 3.61. The summed E-state index contributed by atoms with van der Waals surface area (Å²) >= 11 is 7.84. The molecule has 2 nitrogen and oxygen atoms in total. The Kier molecular flexibility index (Phi) is 7.22. The number of nitrogen functional groups attached to an aromatic ring is 1. The van der Waals surface area contributed by atoms with Crippen LogP contribution in [0.15, 0.2) is 109 Å². The van der Waals surface area contributed by atoms with Gasteiger partial charge in [-0.05, 0) is 95.3 Å².